The Morgan fingerprint density at radius 1 is 1.07 bits per heavy atom. The lowest BCUT2D eigenvalue weighted by atomic mass is 10.1. The lowest BCUT2D eigenvalue weighted by molar-refractivity contribution is 0.0940. The van der Waals surface area contributed by atoms with Crippen LogP contribution in [0.4, 0.5) is 5.69 Å². The van der Waals surface area contributed by atoms with Crippen molar-refractivity contribution in [3.8, 4) is 0 Å². The van der Waals surface area contributed by atoms with Gasteiger partial charge in [0.2, 0.25) is 20.0 Å². The third kappa shape index (κ3) is 4.50. The van der Waals surface area contributed by atoms with E-state index >= 15 is 0 Å². The quantitative estimate of drug-likeness (QED) is 0.723. The van der Waals surface area contributed by atoms with Gasteiger partial charge in [-0.1, -0.05) is 12.1 Å². The Kier molecular flexibility index (Phi) is 6.21. The van der Waals surface area contributed by atoms with Gasteiger partial charge >= 0.3 is 0 Å². The van der Waals surface area contributed by atoms with Gasteiger partial charge in [-0.3, -0.25) is 9.10 Å². The number of rotatable bonds is 6. The summed E-state index contributed by atoms with van der Waals surface area (Å²) in [5.74, 6) is -0.162. The molecule has 1 heterocycles. The lowest BCUT2D eigenvalue weighted by Gasteiger charge is -2.18. The van der Waals surface area contributed by atoms with Crippen LogP contribution in [0.25, 0.3) is 0 Å². The van der Waals surface area contributed by atoms with Crippen LogP contribution in [0.15, 0.2) is 53.4 Å². The van der Waals surface area contributed by atoms with Gasteiger partial charge < -0.3 is 5.32 Å². The zero-order valence-electron chi connectivity index (χ0n) is 17.1. The predicted molar refractivity (Wildman–Crippen MR) is 115 cm³/mol. The number of sulfonamides is 2. The SMILES string of the molecule is CC(NC(=O)c1ccc(N2CCCS2(=O)=O)cc1)c1ccc(S(=O)(=O)N(C)C)cc1. The molecule has 2 aromatic rings. The van der Waals surface area contributed by atoms with E-state index in [2.05, 4.69) is 5.32 Å². The summed E-state index contributed by atoms with van der Waals surface area (Å²) in [5.41, 5.74) is 1.73. The number of anilines is 1. The minimum absolute atomic E-state index is 0.140. The summed E-state index contributed by atoms with van der Waals surface area (Å²) in [6.07, 6.45) is 0.594. The first kappa shape index (κ1) is 22.3. The predicted octanol–water partition coefficient (Wildman–Crippen LogP) is 1.97. The number of hydrogen-bond acceptors (Lipinski definition) is 5. The van der Waals surface area contributed by atoms with Crippen molar-refractivity contribution in [3.63, 3.8) is 0 Å². The summed E-state index contributed by atoms with van der Waals surface area (Å²) in [6.45, 7) is 2.25. The fraction of sp³-hybridized carbons (Fsp3) is 0.350. The first-order valence-corrected chi connectivity index (χ1v) is 12.5. The van der Waals surface area contributed by atoms with Gasteiger partial charge in [0.25, 0.3) is 5.91 Å². The third-order valence-corrected chi connectivity index (χ3v) is 8.72. The summed E-state index contributed by atoms with van der Waals surface area (Å²) in [4.78, 5) is 12.7. The normalized spacial score (nSPS) is 17.1. The summed E-state index contributed by atoms with van der Waals surface area (Å²) in [5, 5.41) is 2.87. The maximum absolute atomic E-state index is 12.6. The highest BCUT2D eigenvalue weighted by Crippen LogP contribution is 2.24. The maximum Gasteiger partial charge on any atom is 0.251 e. The van der Waals surface area contributed by atoms with Crippen LogP contribution in [0, 0.1) is 0 Å². The van der Waals surface area contributed by atoms with Gasteiger partial charge in [0.05, 0.1) is 22.4 Å². The summed E-state index contributed by atoms with van der Waals surface area (Å²) >= 11 is 0. The first-order chi connectivity index (χ1) is 14.0. The fourth-order valence-electron chi connectivity index (χ4n) is 3.21. The van der Waals surface area contributed by atoms with E-state index in [1.165, 1.54) is 30.5 Å². The number of nitrogens with zero attached hydrogens (tertiary/aromatic N) is 2. The molecular formula is C20H25N3O5S2. The number of carbonyl (C=O) groups excluding carboxylic acids is 1. The number of benzene rings is 2. The van der Waals surface area contributed by atoms with Crippen molar-refractivity contribution in [2.75, 3.05) is 30.7 Å². The van der Waals surface area contributed by atoms with Crippen LogP contribution < -0.4 is 9.62 Å². The molecule has 10 heteroatoms. The van der Waals surface area contributed by atoms with Gasteiger partial charge in [-0.2, -0.15) is 0 Å². The molecule has 1 saturated heterocycles. The number of amides is 1. The van der Waals surface area contributed by atoms with Gasteiger partial charge in [0.1, 0.15) is 0 Å². The van der Waals surface area contributed by atoms with Gasteiger partial charge in [-0.05, 0) is 55.3 Å². The molecule has 0 aromatic heterocycles. The molecule has 30 heavy (non-hydrogen) atoms. The van der Waals surface area contributed by atoms with E-state index < -0.39 is 20.0 Å². The minimum atomic E-state index is -3.51. The van der Waals surface area contributed by atoms with E-state index in [1.54, 1.807) is 43.3 Å². The van der Waals surface area contributed by atoms with Crippen LogP contribution in [0.3, 0.4) is 0 Å². The van der Waals surface area contributed by atoms with Crippen LogP contribution >= 0.6 is 0 Å². The molecule has 1 fully saturated rings. The number of carbonyl (C=O) groups is 1. The van der Waals surface area contributed by atoms with Crippen LogP contribution in [0.5, 0.6) is 0 Å². The van der Waals surface area contributed by atoms with E-state index in [9.17, 15) is 21.6 Å². The Labute approximate surface area is 177 Å². The molecule has 0 saturated carbocycles. The molecule has 0 radical (unpaired) electrons. The Hall–Kier alpha value is -2.43. The topological polar surface area (TPSA) is 104 Å². The van der Waals surface area contributed by atoms with Crippen LogP contribution in [0.2, 0.25) is 0 Å². The van der Waals surface area contributed by atoms with Crippen LogP contribution in [-0.2, 0) is 20.0 Å². The van der Waals surface area contributed by atoms with Crippen molar-refractivity contribution < 1.29 is 21.6 Å². The van der Waals surface area contributed by atoms with Crippen molar-refractivity contribution in [1.29, 1.82) is 0 Å². The second-order valence-corrected chi connectivity index (χ2v) is 11.5. The average molecular weight is 452 g/mol. The molecule has 1 atom stereocenters. The van der Waals surface area contributed by atoms with Crippen LogP contribution in [-0.4, -0.2) is 53.4 Å². The molecule has 1 aliphatic rings. The number of nitrogens with one attached hydrogen (secondary N) is 1. The molecule has 1 amide bonds. The zero-order valence-corrected chi connectivity index (χ0v) is 18.7. The first-order valence-electron chi connectivity index (χ1n) is 9.46. The van der Waals surface area contributed by atoms with E-state index in [4.69, 9.17) is 0 Å². The Balaban J connectivity index is 1.68. The van der Waals surface area contributed by atoms with E-state index in [0.717, 1.165) is 9.87 Å². The summed E-state index contributed by atoms with van der Waals surface area (Å²) in [7, 11) is -3.83. The highest BCUT2D eigenvalue weighted by atomic mass is 32.2. The van der Waals surface area contributed by atoms with Gasteiger partial charge in [-0.25, -0.2) is 21.1 Å². The van der Waals surface area contributed by atoms with Crippen molar-refractivity contribution in [1.82, 2.24) is 9.62 Å². The zero-order chi connectivity index (χ0) is 22.1. The minimum Gasteiger partial charge on any atom is -0.346 e. The standard InChI is InChI=1S/C20H25N3O5S2/c1-15(16-7-11-19(12-8-16)30(27,28)22(2)3)21-20(24)17-5-9-18(10-6-17)23-13-4-14-29(23,25)26/h5-12,15H,4,13-14H2,1-3H3,(H,21,24). The fourth-order valence-corrected chi connectivity index (χ4v) is 5.68. The molecule has 0 aliphatic carbocycles. The molecule has 1 N–H and O–H groups in total. The number of hydrogen-bond donors (Lipinski definition) is 1. The molecule has 1 aliphatic heterocycles. The molecular weight excluding hydrogens is 426 g/mol. The molecule has 0 spiro atoms. The lowest BCUT2D eigenvalue weighted by Crippen LogP contribution is -2.27. The Morgan fingerprint density at radius 2 is 1.67 bits per heavy atom. The maximum atomic E-state index is 12.6. The van der Waals surface area contributed by atoms with Crippen molar-refractivity contribution in [2.24, 2.45) is 0 Å². The van der Waals surface area contributed by atoms with Gasteiger partial charge in [-0.15, -0.1) is 0 Å². The second kappa shape index (κ2) is 8.37. The van der Waals surface area contributed by atoms with Gasteiger partial charge in [0, 0.05) is 26.2 Å². The molecule has 162 valence electrons. The van der Waals surface area contributed by atoms with Gasteiger partial charge in [0.15, 0.2) is 0 Å². The van der Waals surface area contributed by atoms with E-state index in [-0.39, 0.29) is 22.6 Å². The molecule has 8 nitrogen and oxygen atoms in total. The largest absolute Gasteiger partial charge is 0.346 e. The molecule has 3 rings (SSSR count). The van der Waals surface area contributed by atoms with Crippen molar-refractivity contribution >= 4 is 31.6 Å². The van der Waals surface area contributed by atoms with Crippen LogP contribution in [0.1, 0.15) is 35.3 Å². The monoisotopic (exact) mass is 451 g/mol. The molecule has 1 unspecified atom stereocenters. The van der Waals surface area contributed by atoms with E-state index in [0.29, 0.717) is 24.2 Å². The Bertz CT molecular complexity index is 1130. The van der Waals surface area contributed by atoms with E-state index in [1.807, 2.05) is 0 Å². The highest BCUT2D eigenvalue weighted by molar-refractivity contribution is 7.93. The molecule has 2 aromatic carbocycles. The van der Waals surface area contributed by atoms with Crippen molar-refractivity contribution in [3.05, 3.63) is 59.7 Å². The smallest absolute Gasteiger partial charge is 0.251 e. The van der Waals surface area contributed by atoms with Crippen molar-refractivity contribution in [2.45, 2.75) is 24.3 Å². The second-order valence-electron chi connectivity index (χ2n) is 7.34. The average Bonchev–Trinajstić information content (AvgIpc) is 3.07. The summed E-state index contributed by atoms with van der Waals surface area (Å²) in [6, 6.07) is 12.5. The summed E-state index contributed by atoms with van der Waals surface area (Å²) < 4.78 is 50.8. The Morgan fingerprint density at radius 3 is 2.17 bits per heavy atom. The highest BCUT2D eigenvalue weighted by Gasteiger charge is 2.28. The molecule has 0 bridgehead atoms. The third-order valence-electron chi connectivity index (χ3n) is 5.02.